The van der Waals surface area contributed by atoms with Crippen molar-refractivity contribution in [2.75, 3.05) is 20.5 Å². The van der Waals surface area contributed by atoms with Gasteiger partial charge in [-0.15, -0.1) is 0 Å². The second-order valence-corrected chi connectivity index (χ2v) is 16.7. The van der Waals surface area contributed by atoms with Gasteiger partial charge in [-0.3, -0.25) is 24.5 Å². The highest BCUT2D eigenvalue weighted by Gasteiger charge is 2.50. The SMILES string of the molecule is CC[C@H](C)[C@H](NC(=O)[C@H](NC(=O)[C@@H](C[C@@H]1C[C@H]1[N+](=O)[O-])NC(=O)[C@@H](NC(=O)OCC1c2ccccc2-c2ccccc21)[C@H](C)c1ccccc1)[C@H](C)c1ccccc1)C(=O)OCOC. The largest absolute Gasteiger partial charge is 0.449 e. The summed E-state index contributed by atoms with van der Waals surface area (Å²) < 4.78 is 16.0. The Morgan fingerprint density at radius 3 is 1.69 bits per heavy atom. The van der Waals surface area contributed by atoms with Gasteiger partial charge in [0, 0.05) is 42.1 Å². The molecule has 4 aromatic carbocycles. The molecule has 0 unspecified atom stereocenters. The van der Waals surface area contributed by atoms with E-state index >= 15 is 0 Å². The number of nitro groups is 1. The first kappa shape index (κ1) is 46.9. The monoisotopic (exact) mass is 875 g/mol. The zero-order chi connectivity index (χ0) is 45.9. The summed E-state index contributed by atoms with van der Waals surface area (Å²) in [4.78, 5) is 81.7. The highest BCUT2D eigenvalue weighted by Crippen LogP contribution is 2.44. The summed E-state index contributed by atoms with van der Waals surface area (Å²) in [6, 6.07) is 28.0. The summed E-state index contributed by atoms with van der Waals surface area (Å²) in [7, 11) is 1.37. The van der Waals surface area contributed by atoms with Crippen LogP contribution in [0.15, 0.2) is 109 Å². The molecule has 4 N–H and O–H groups in total. The van der Waals surface area contributed by atoms with E-state index in [2.05, 4.69) is 21.3 Å². The molecule has 64 heavy (non-hydrogen) atoms. The molecule has 0 aliphatic heterocycles. The number of esters is 1. The van der Waals surface area contributed by atoms with Gasteiger partial charge in [0.2, 0.25) is 23.8 Å². The van der Waals surface area contributed by atoms with E-state index in [1.54, 1.807) is 57.2 Å². The number of nitrogens with one attached hydrogen (secondary N) is 4. The van der Waals surface area contributed by atoms with Gasteiger partial charge in [0.05, 0.1) is 0 Å². The number of rotatable bonds is 21. The summed E-state index contributed by atoms with van der Waals surface area (Å²) in [5.74, 6) is -5.34. The van der Waals surface area contributed by atoms with Crippen LogP contribution in [0.1, 0.15) is 87.0 Å². The number of hydrogen-bond donors (Lipinski definition) is 4. The molecule has 0 bridgehead atoms. The third-order valence-electron chi connectivity index (χ3n) is 12.5. The number of alkyl carbamates (subject to hydrolysis) is 1. The van der Waals surface area contributed by atoms with E-state index in [0.717, 1.165) is 22.3 Å². The van der Waals surface area contributed by atoms with Crippen LogP contribution in [-0.4, -0.2) is 85.4 Å². The van der Waals surface area contributed by atoms with E-state index in [-0.39, 0.29) is 38.1 Å². The third-order valence-corrected chi connectivity index (χ3v) is 12.5. The number of fused-ring (bicyclic) bond motifs is 3. The number of hydrogen-bond acceptors (Lipinski definition) is 10. The molecule has 338 valence electrons. The molecule has 1 fully saturated rings. The Balaban J connectivity index is 1.25. The van der Waals surface area contributed by atoms with E-state index in [1.165, 1.54) is 7.11 Å². The van der Waals surface area contributed by atoms with Crippen LogP contribution in [0.25, 0.3) is 11.1 Å². The molecule has 0 heterocycles. The lowest BCUT2D eigenvalue weighted by atomic mass is 9.91. The van der Waals surface area contributed by atoms with E-state index in [1.807, 2.05) is 79.7 Å². The van der Waals surface area contributed by atoms with Gasteiger partial charge in [-0.2, -0.15) is 0 Å². The number of benzene rings is 4. The number of carbonyl (C=O) groups is 5. The van der Waals surface area contributed by atoms with Crippen LogP contribution in [0.2, 0.25) is 0 Å². The van der Waals surface area contributed by atoms with Crippen LogP contribution in [0.4, 0.5) is 4.79 Å². The Labute approximate surface area is 373 Å². The average Bonchev–Trinajstić information content (AvgIpc) is 4.03. The highest BCUT2D eigenvalue weighted by atomic mass is 16.7. The number of carbonyl (C=O) groups excluding carboxylic acids is 5. The zero-order valence-electron chi connectivity index (χ0n) is 36.7. The number of amides is 4. The summed E-state index contributed by atoms with van der Waals surface area (Å²) in [5.41, 5.74) is 5.55. The van der Waals surface area contributed by atoms with Crippen molar-refractivity contribution < 1.29 is 43.1 Å². The molecule has 0 aromatic heterocycles. The highest BCUT2D eigenvalue weighted by molar-refractivity contribution is 5.95. The maximum absolute atomic E-state index is 14.6. The molecular weight excluding hydrogens is 819 g/mol. The first-order valence-corrected chi connectivity index (χ1v) is 21.7. The molecular formula is C49H57N5O10. The van der Waals surface area contributed by atoms with Gasteiger partial charge in [0.1, 0.15) is 30.8 Å². The predicted molar refractivity (Wildman–Crippen MR) is 238 cm³/mol. The lowest BCUT2D eigenvalue weighted by Gasteiger charge is -2.31. The van der Waals surface area contributed by atoms with Crippen LogP contribution < -0.4 is 21.3 Å². The molecule has 4 aromatic rings. The Hall–Kier alpha value is -6.61. The van der Waals surface area contributed by atoms with E-state index in [0.29, 0.717) is 17.5 Å². The third kappa shape index (κ3) is 11.3. The minimum atomic E-state index is -1.37. The van der Waals surface area contributed by atoms with E-state index < -0.39 is 82.7 Å². The predicted octanol–water partition coefficient (Wildman–Crippen LogP) is 6.20. The topological polar surface area (TPSA) is 204 Å². The lowest BCUT2D eigenvalue weighted by molar-refractivity contribution is -0.498. The molecule has 6 rings (SSSR count). The van der Waals surface area contributed by atoms with Gasteiger partial charge in [0.15, 0.2) is 6.79 Å². The van der Waals surface area contributed by atoms with Crippen LogP contribution >= 0.6 is 0 Å². The van der Waals surface area contributed by atoms with Crippen molar-refractivity contribution in [2.45, 2.75) is 94.9 Å². The molecule has 15 nitrogen and oxygen atoms in total. The second kappa shape index (κ2) is 21.7. The Kier molecular flexibility index (Phi) is 15.9. The van der Waals surface area contributed by atoms with Crippen molar-refractivity contribution in [3.8, 4) is 11.1 Å². The fourth-order valence-corrected chi connectivity index (χ4v) is 8.41. The number of methoxy groups -OCH3 is 1. The van der Waals surface area contributed by atoms with Crippen LogP contribution in [0, 0.1) is 22.0 Å². The fourth-order valence-electron chi connectivity index (χ4n) is 8.41. The van der Waals surface area contributed by atoms with Gasteiger partial charge < -0.3 is 35.5 Å². The number of nitrogens with zero attached hydrogens (tertiary/aromatic N) is 1. The first-order valence-electron chi connectivity index (χ1n) is 21.7. The van der Waals surface area contributed by atoms with Gasteiger partial charge >= 0.3 is 12.1 Å². The molecule has 0 saturated heterocycles. The maximum atomic E-state index is 14.6. The van der Waals surface area contributed by atoms with Gasteiger partial charge in [0.25, 0.3) is 0 Å². The van der Waals surface area contributed by atoms with Crippen molar-refractivity contribution in [3.05, 3.63) is 142 Å². The Morgan fingerprint density at radius 2 is 1.17 bits per heavy atom. The van der Waals surface area contributed by atoms with Crippen molar-refractivity contribution in [2.24, 2.45) is 11.8 Å². The average molecular weight is 876 g/mol. The smallest absolute Gasteiger partial charge is 0.407 e. The quantitative estimate of drug-likeness (QED) is 0.0323. The Morgan fingerprint density at radius 1 is 0.672 bits per heavy atom. The Bertz CT molecular complexity index is 2230. The van der Waals surface area contributed by atoms with Gasteiger partial charge in [-0.1, -0.05) is 143 Å². The first-order chi connectivity index (χ1) is 30.8. The minimum Gasteiger partial charge on any atom is -0.449 e. The molecule has 9 atom stereocenters. The minimum absolute atomic E-state index is 0.00600. The van der Waals surface area contributed by atoms with Crippen LogP contribution in [-0.2, 0) is 33.4 Å². The van der Waals surface area contributed by atoms with Crippen molar-refractivity contribution in [1.82, 2.24) is 21.3 Å². The summed E-state index contributed by atoms with van der Waals surface area (Å²) in [6.07, 6.45) is -0.264. The van der Waals surface area contributed by atoms with Crippen LogP contribution in [0.5, 0.6) is 0 Å². The zero-order valence-corrected chi connectivity index (χ0v) is 36.7. The summed E-state index contributed by atoms with van der Waals surface area (Å²) in [5, 5.41) is 23.0. The normalized spacial score (nSPS) is 18.3. The summed E-state index contributed by atoms with van der Waals surface area (Å²) >= 11 is 0. The van der Waals surface area contributed by atoms with Crippen molar-refractivity contribution in [3.63, 3.8) is 0 Å². The molecule has 0 radical (unpaired) electrons. The van der Waals surface area contributed by atoms with Crippen molar-refractivity contribution in [1.29, 1.82) is 0 Å². The maximum Gasteiger partial charge on any atom is 0.407 e. The lowest BCUT2D eigenvalue weighted by Crippen LogP contribution is -2.60. The summed E-state index contributed by atoms with van der Waals surface area (Å²) in [6.45, 7) is 6.81. The molecule has 0 spiro atoms. The second-order valence-electron chi connectivity index (χ2n) is 16.7. The molecule has 2 aliphatic carbocycles. The van der Waals surface area contributed by atoms with Crippen molar-refractivity contribution >= 4 is 29.8 Å². The molecule has 1 saturated carbocycles. The van der Waals surface area contributed by atoms with Gasteiger partial charge in [-0.05, 0) is 45.7 Å². The molecule has 4 amide bonds. The molecule has 2 aliphatic rings. The van der Waals surface area contributed by atoms with Crippen LogP contribution in [0.3, 0.4) is 0 Å². The van der Waals surface area contributed by atoms with Gasteiger partial charge in [-0.25, -0.2) is 9.59 Å². The number of ether oxygens (including phenoxy) is 3. The molecule has 15 heteroatoms. The fraction of sp³-hybridized carbons (Fsp3) is 0.408. The van der Waals surface area contributed by atoms with E-state index in [4.69, 9.17) is 14.2 Å². The standard InChI is InChI=1S/C49H57N5O10/c1-6-29(2)42(48(58)64-28-62-5)51-47(57)43(30(3)32-17-9-7-10-18-32)52-45(55)40(25-34-26-41(34)54(60)61)50-46(56)44(31(4)33-19-11-8-12-20-33)53-49(59)63-27-39-37-23-15-13-21-35(37)36-22-14-16-24-38(36)39/h7-24,29-31,34,39-44H,6,25-28H2,1-5H3,(H,50,56)(H,51,57)(H,52,55)(H,53,59)/t29-,30+,31+,34+,40+,41+,42-,43+,44-/m0/s1. The van der Waals surface area contributed by atoms with E-state index in [9.17, 15) is 34.1 Å².